The maximum Gasteiger partial charge on any atom is 0.246 e. The largest absolute Gasteiger partial charge is 0.390 e. The lowest BCUT2D eigenvalue weighted by molar-refractivity contribution is -0.157. The molecule has 0 aromatic heterocycles. The summed E-state index contributed by atoms with van der Waals surface area (Å²) in [5, 5.41) is 14.9. The molecule has 21 heteroatoms. The van der Waals surface area contributed by atoms with Gasteiger partial charge < -0.3 is 49.5 Å². The van der Waals surface area contributed by atoms with Crippen molar-refractivity contribution in [3.8, 4) is 0 Å². The molecule has 0 radical (unpaired) electrons. The number of likely N-dealkylation sites (N-methyl/N-ethyl adjacent to an activating group) is 7. The van der Waals surface area contributed by atoms with E-state index in [0.29, 0.717) is 6.42 Å². The number of aliphatic hydroxyl groups is 1. The molecule has 0 aromatic rings. The maximum absolute atomic E-state index is 15.2. The number of hydrogen-bond donors (Lipinski definition) is 2. The average Bonchev–Trinajstić information content (AvgIpc) is 1.38. The molecule has 0 aromatic carbocycles. The van der Waals surface area contributed by atoms with Gasteiger partial charge in [-0.2, -0.15) is 0 Å². The van der Waals surface area contributed by atoms with Crippen molar-refractivity contribution in [3.05, 3.63) is 12.2 Å². The lowest BCUT2D eigenvalue weighted by Gasteiger charge is -2.41. The Balaban J connectivity index is 4.40. The van der Waals surface area contributed by atoms with Gasteiger partial charge in [-0.25, -0.2) is 0 Å². The van der Waals surface area contributed by atoms with E-state index in [4.69, 9.17) is 4.74 Å². The topological polar surface area (TPSA) is 252 Å². The monoisotopic (exact) mass is 1230 g/mol. The molecule has 2 N–H and O–H groups in total. The Kier molecular flexibility index (Phi) is 33.0. The summed E-state index contributed by atoms with van der Waals surface area (Å²) in [6.07, 6.45) is 2.22. The van der Waals surface area contributed by atoms with Crippen molar-refractivity contribution in [2.24, 2.45) is 59.2 Å². The molecular weight excluding hydrogens is 1110 g/mol. The molecule has 1 aliphatic heterocycles. The van der Waals surface area contributed by atoms with E-state index in [2.05, 4.69) is 5.32 Å². The first-order valence-corrected chi connectivity index (χ1v) is 31.7. The van der Waals surface area contributed by atoms with Crippen molar-refractivity contribution in [2.75, 3.05) is 63.1 Å². The zero-order valence-electron chi connectivity index (χ0n) is 58.0. The standard InChI is InChI=1S/C66H116N8O13/c1-26-28-29-42(13)58(78)57-59(79)67-48(27-2)63(83)68(18)46(17)61(81)73(23)56(45(16)36-87-25)54(77)35-47(40(9)10)62(82)69(19)49(30-37(3)4)53(76)33-43(14)52(75)34-44(15)60(80)70(20)50(31-38(5)6)64(84)71(21)51(32-39(7)8)65(85)72(22)55(41(11)12)66(86)74(57)24/h26,28,37-51,55-58,78H,27,29-36H2,1-25H3,(H,67,79)/b28-26+/t42-,43-,44+,45+,46-,47+,48+,49+,50+,51+,55+,56+,57+,58-/m1/s1. The van der Waals surface area contributed by atoms with Crippen LogP contribution in [0.3, 0.4) is 0 Å². The molecule has 0 spiro atoms. The summed E-state index contributed by atoms with van der Waals surface area (Å²) in [5.41, 5.74) is 0. The molecule has 1 heterocycles. The fourth-order valence-corrected chi connectivity index (χ4v) is 12.0. The van der Waals surface area contributed by atoms with E-state index in [1.54, 1.807) is 75.3 Å². The van der Waals surface area contributed by atoms with Gasteiger partial charge in [-0.05, 0) is 81.5 Å². The third-order valence-corrected chi connectivity index (χ3v) is 17.7. The number of rotatable bonds is 16. The van der Waals surface area contributed by atoms with Crippen LogP contribution in [-0.4, -0.2) is 222 Å². The number of carbonyl (C=O) groups is 11. The fourth-order valence-electron chi connectivity index (χ4n) is 12.0. The molecule has 0 unspecified atom stereocenters. The molecule has 1 saturated heterocycles. The number of nitrogens with one attached hydrogen (secondary N) is 1. The lowest BCUT2D eigenvalue weighted by Crippen LogP contribution is -2.63. The second-order valence-corrected chi connectivity index (χ2v) is 27.2. The Morgan fingerprint density at radius 1 is 0.506 bits per heavy atom. The quantitative estimate of drug-likeness (QED) is 0.164. The van der Waals surface area contributed by atoms with Gasteiger partial charge in [-0.3, -0.25) is 52.7 Å². The summed E-state index contributed by atoms with van der Waals surface area (Å²) in [6.45, 7) is 30.1. The molecule has 1 fully saturated rings. The molecule has 0 saturated carbocycles. The van der Waals surface area contributed by atoms with Gasteiger partial charge in [0.1, 0.15) is 42.0 Å². The molecule has 498 valence electrons. The van der Waals surface area contributed by atoms with Crippen molar-refractivity contribution in [1.82, 2.24) is 39.6 Å². The Hall–Kier alpha value is -5.57. The molecule has 0 bridgehead atoms. The van der Waals surface area contributed by atoms with Crippen LogP contribution in [0.5, 0.6) is 0 Å². The minimum absolute atomic E-state index is 0.0163. The highest BCUT2D eigenvalue weighted by Gasteiger charge is 2.46. The predicted octanol–water partition coefficient (Wildman–Crippen LogP) is 6.17. The van der Waals surface area contributed by atoms with Gasteiger partial charge >= 0.3 is 0 Å². The Labute approximate surface area is 522 Å². The number of allylic oxidation sites excluding steroid dienone is 2. The van der Waals surface area contributed by atoms with E-state index in [9.17, 15) is 43.5 Å². The van der Waals surface area contributed by atoms with Crippen LogP contribution < -0.4 is 5.32 Å². The van der Waals surface area contributed by atoms with Crippen LogP contribution in [0.1, 0.15) is 169 Å². The summed E-state index contributed by atoms with van der Waals surface area (Å²) in [6, 6.07) is -9.71. The SMILES string of the molecule is C/C=C/C[C@@H](C)[C@@H](O)[C@H]1C(=O)N[C@@H](CC)C(=O)N(C)[C@H](C)C(=O)N(C)[C@@H]([C@@H](C)COC)C(=O)C[C@@H](C(C)C)C(=O)N(C)[C@@H](CC(C)C)C(=O)C[C@@H](C)C(=O)C[C@H](C)C(=O)N(C)[C@@H](CC(C)C)C(=O)N(C)[C@@H](CC(C)C)C(=O)N(C)[C@@H](C(C)C)C(=O)N1C. The number of Topliss-reactive ketones (excluding diaryl/α,β-unsaturated/α-hetero) is 3. The zero-order valence-corrected chi connectivity index (χ0v) is 58.0. The van der Waals surface area contributed by atoms with Crippen LogP contribution in [0.2, 0.25) is 0 Å². The number of aliphatic hydroxyl groups excluding tert-OH is 1. The average molecular weight is 1230 g/mol. The summed E-state index contributed by atoms with van der Waals surface area (Å²) in [5.74, 6) is -11.5. The van der Waals surface area contributed by atoms with Crippen LogP contribution in [0, 0.1) is 59.2 Å². The summed E-state index contributed by atoms with van der Waals surface area (Å²) in [4.78, 5) is 171. The first-order valence-electron chi connectivity index (χ1n) is 31.7. The number of ether oxygens (including phenoxy) is 1. The Morgan fingerprint density at radius 2 is 0.954 bits per heavy atom. The molecule has 14 atom stereocenters. The zero-order chi connectivity index (χ0) is 67.6. The smallest absolute Gasteiger partial charge is 0.246 e. The van der Waals surface area contributed by atoms with Crippen LogP contribution in [-0.2, 0) is 57.5 Å². The molecule has 87 heavy (non-hydrogen) atoms. The normalized spacial score (nSPS) is 28.0. The van der Waals surface area contributed by atoms with Crippen molar-refractivity contribution in [3.63, 3.8) is 0 Å². The van der Waals surface area contributed by atoms with Crippen LogP contribution >= 0.6 is 0 Å². The van der Waals surface area contributed by atoms with Crippen molar-refractivity contribution in [2.45, 2.75) is 224 Å². The van der Waals surface area contributed by atoms with E-state index >= 15 is 14.4 Å². The second-order valence-electron chi connectivity index (χ2n) is 27.2. The van der Waals surface area contributed by atoms with Crippen LogP contribution in [0.25, 0.3) is 0 Å². The van der Waals surface area contributed by atoms with E-state index < -0.39 is 149 Å². The first-order chi connectivity index (χ1) is 40.2. The van der Waals surface area contributed by atoms with E-state index in [1.807, 2.05) is 47.6 Å². The third-order valence-electron chi connectivity index (χ3n) is 17.7. The fraction of sp³-hybridized carbons (Fsp3) is 0.803. The van der Waals surface area contributed by atoms with Crippen LogP contribution in [0.4, 0.5) is 0 Å². The predicted molar refractivity (Wildman–Crippen MR) is 338 cm³/mol. The molecule has 1 aliphatic rings. The highest BCUT2D eigenvalue weighted by atomic mass is 16.5. The molecule has 0 aliphatic carbocycles. The number of hydrogen-bond acceptors (Lipinski definition) is 13. The first kappa shape index (κ1) is 79.4. The van der Waals surface area contributed by atoms with E-state index in [1.165, 1.54) is 87.9 Å². The highest BCUT2D eigenvalue weighted by Crippen LogP contribution is 2.29. The van der Waals surface area contributed by atoms with Crippen molar-refractivity contribution < 1.29 is 62.6 Å². The van der Waals surface area contributed by atoms with Gasteiger partial charge in [0, 0.05) is 99.4 Å². The minimum Gasteiger partial charge on any atom is -0.390 e. The Morgan fingerprint density at radius 3 is 1.41 bits per heavy atom. The Bertz CT molecular complexity index is 2370. The summed E-state index contributed by atoms with van der Waals surface area (Å²) < 4.78 is 5.49. The summed E-state index contributed by atoms with van der Waals surface area (Å²) in [7, 11) is 11.6. The molecule has 1 rings (SSSR count). The third kappa shape index (κ3) is 21.6. The molecule has 8 amide bonds. The second kappa shape index (κ2) is 36.2. The number of methoxy groups -OCH3 is 1. The van der Waals surface area contributed by atoms with Gasteiger partial charge in [-0.1, -0.05) is 116 Å². The molecular formula is C66H116N8O13. The maximum atomic E-state index is 15.2. The van der Waals surface area contributed by atoms with Gasteiger partial charge in [0.25, 0.3) is 0 Å². The van der Waals surface area contributed by atoms with Crippen molar-refractivity contribution in [1.29, 1.82) is 0 Å². The van der Waals surface area contributed by atoms with Gasteiger partial charge in [0.2, 0.25) is 47.3 Å². The van der Waals surface area contributed by atoms with Gasteiger partial charge in [-0.15, -0.1) is 0 Å². The highest BCUT2D eigenvalue weighted by molar-refractivity contribution is 6.00. The van der Waals surface area contributed by atoms with Crippen molar-refractivity contribution >= 4 is 64.6 Å². The van der Waals surface area contributed by atoms with E-state index in [0.717, 1.165) is 9.80 Å². The lowest BCUT2D eigenvalue weighted by atomic mass is 9.83. The van der Waals surface area contributed by atoms with Gasteiger partial charge in [0.15, 0.2) is 11.6 Å². The van der Waals surface area contributed by atoms with Crippen LogP contribution in [0.15, 0.2) is 12.2 Å². The van der Waals surface area contributed by atoms with Gasteiger partial charge in [0.05, 0.1) is 24.8 Å². The molecule has 21 nitrogen and oxygen atoms in total. The van der Waals surface area contributed by atoms with E-state index in [-0.39, 0.29) is 80.9 Å². The summed E-state index contributed by atoms with van der Waals surface area (Å²) >= 11 is 0. The number of amides is 8. The minimum atomic E-state index is -1.61. The number of carbonyl (C=O) groups excluding carboxylic acids is 11. The number of nitrogens with zero attached hydrogens (tertiary/aromatic N) is 7. The number of ketones is 3.